The van der Waals surface area contributed by atoms with Crippen LogP contribution in [0.1, 0.15) is 18.4 Å². The highest BCUT2D eigenvalue weighted by Crippen LogP contribution is 2.34. The number of benzene rings is 3. The number of amides is 3. The van der Waals surface area contributed by atoms with E-state index >= 15 is 0 Å². The number of hydrogen-bond acceptors (Lipinski definition) is 4. The van der Waals surface area contributed by atoms with Crippen molar-refractivity contribution in [3.63, 3.8) is 0 Å². The minimum absolute atomic E-state index is 0.0299. The van der Waals surface area contributed by atoms with Crippen molar-refractivity contribution < 1.29 is 14.0 Å². The molecule has 5 rings (SSSR count). The maximum absolute atomic E-state index is 13.3. The molecule has 148 valence electrons. The zero-order valence-electron chi connectivity index (χ0n) is 16.3. The summed E-state index contributed by atoms with van der Waals surface area (Å²) in [6, 6.07) is 22.7. The Hall–Kier alpha value is -3.93. The molecule has 0 aliphatic carbocycles. The molecule has 0 radical (unpaired) electrons. The van der Waals surface area contributed by atoms with Gasteiger partial charge in [-0.1, -0.05) is 72.8 Å². The van der Waals surface area contributed by atoms with E-state index in [9.17, 15) is 9.59 Å². The lowest BCUT2D eigenvalue weighted by atomic mass is 9.88. The summed E-state index contributed by atoms with van der Waals surface area (Å²) in [5.74, 6) is 0.567. The molecule has 6 nitrogen and oxygen atoms in total. The summed E-state index contributed by atoms with van der Waals surface area (Å²) >= 11 is 0. The van der Waals surface area contributed by atoms with E-state index < -0.39 is 11.6 Å². The molecule has 2 heterocycles. The zero-order chi connectivity index (χ0) is 20.7. The van der Waals surface area contributed by atoms with Gasteiger partial charge >= 0.3 is 6.03 Å². The first kappa shape index (κ1) is 18.1. The Balaban J connectivity index is 1.45. The number of urea groups is 1. The first-order chi connectivity index (χ1) is 14.6. The second kappa shape index (κ2) is 6.84. The van der Waals surface area contributed by atoms with Crippen LogP contribution in [-0.4, -0.2) is 21.8 Å². The van der Waals surface area contributed by atoms with Gasteiger partial charge in [0.1, 0.15) is 12.1 Å². The van der Waals surface area contributed by atoms with Crippen LogP contribution in [0, 0.1) is 0 Å². The fraction of sp³-hybridized carbons (Fsp3) is 0.125. The van der Waals surface area contributed by atoms with Crippen molar-refractivity contribution in [1.29, 1.82) is 0 Å². The third-order valence-corrected chi connectivity index (χ3v) is 5.51. The zero-order valence-corrected chi connectivity index (χ0v) is 16.3. The van der Waals surface area contributed by atoms with Gasteiger partial charge < -0.3 is 9.73 Å². The van der Waals surface area contributed by atoms with Crippen LogP contribution in [0.5, 0.6) is 0 Å². The van der Waals surface area contributed by atoms with Crippen molar-refractivity contribution in [3.05, 3.63) is 90.4 Å². The Morgan fingerprint density at radius 1 is 0.967 bits per heavy atom. The Bertz CT molecular complexity index is 1260. The molecule has 6 heteroatoms. The summed E-state index contributed by atoms with van der Waals surface area (Å²) in [6.07, 6.45) is 1.60. The van der Waals surface area contributed by atoms with Crippen LogP contribution in [-0.2, 0) is 16.9 Å². The summed E-state index contributed by atoms with van der Waals surface area (Å²) < 4.78 is 5.79. The van der Waals surface area contributed by atoms with E-state index in [0.717, 1.165) is 26.8 Å². The van der Waals surface area contributed by atoms with Crippen LogP contribution in [0.3, 0.4) is 0 Å². The smallest absolute Gasteiger partial charge is 0.325 e. The van der Waals surface area contributed by atoms with E-state index in [2.05, 4.69) is 10.3 Å². The molecule has 0 spiro atoms. The predicted molar refractivity (Wildman–Crippen MR) is 112 cm³/mol. The first-order valence-corrected chi connectivity index (χ1v) is 9.69. The molecule has 1 aliphatic heterocycles. The summed E-state index contributed by atoms with van der Waals surface area (Å²) in [5.41, 5.74) is 0.486. The highest BCUT2D eigenvalue weighted by Gasteiger charge is 2.50. The van der Waals surface area contributed by atoms with Gasteiger partial charge in [0.05, 0.1) is 6.20 Å². The second-order valence-electron chi connectivity index (χ2n) is 7.46. The van der Waals surface area contributed by atoms with Crippen molar-refractivity contribution in [2.75, 3.05) is 0 Å². The van der Waals surface area contributed by atoms with Crippen molar-refractivity contribution in [1.82, 2.24) is 15.2 Å². The van der Waals surface area contributed by atoms with Gasteiger partial charge in [-0.15, -0.1) is 0 Å². The van der Waals surface area contributed by atoms with Crippen LogP contribution in [0.4, 0.5) is 4.79 Å². The van der Waals surface area contributed by atoms with Crippen molar-refractivity contribution >= 4 is 22.7 Å². The summed E-state index contributed by atoms with van der Waals surface area (Å²) in [5, 5.41) is 4.81. The van der Waals surface area contributed by atoms with E-state index in [1.54, 1.807) is 13.1 Å². The predicted octanol–water partition coefficient (Wildman–Crippen LogP) is 4.46. The molecule has 0 saturated carbocycles. The summed E-state index contributed by atoms with van der Waals surface area (Å²) in [6.45, 7) is 1.71. The topological polar surface area (TPSA) is 75.4 Å². The fourth-order valence-electron chi connectivity index (χ4n) is 3.94. The SMILES string of the molecule is C[C@]1(c2cccc3ccccc23)NC(=O)N(Cc2ncc(-c3ccccc3)o2)C1=O. The minimum atomic E-state index is -1.16. The monoisotopic (exact) mass is 397 g/mol. The van der Waals surface area contributed by atoms with Crippen LogP contribution < -0.4 is 5.32 Å². The van der Waals surface area contributed by atoms with Gasteiger partial charge in [0, 0.05) is 5.56 Å². The highest BCUT2D eigenvalue weighted by molar-refractivity contribution is 6.09. The Kier molecular flexibility index (Phi) is 4.13. The summed E-state index contributed by atoms with van der Waals surface area (Å²) in [7, 11) is 0. The molecule has 1 aromatic heterocycles. The number of nitrogens with one attached hydrogen (secondary N) is 1. The van der Waals surface area contributed by atoms with Gasteiger partial charge in [0.15, 0.2) is 5.76 Å². The van der Waals surface area contributed by atoms with Crippen LogP contribution in [0.2, 0.25) is 0 Å². The lowest BCUT2D eigenvalue weighted by Crippen LogP contribution is -2.41. The van der Waals surface area contributed by atoms with E-state index in [1.807, 2.05) is 72.8 Å². The third-order valence-electron chi connectivity index (χ3n) is 5.51. The van der Waals surface area contributed by atoms with E-state index in [-0.39, 0.29) is 12.5 Å². The normalized spacial score (nSPS) is 18.8. The number of oxazole rings is 1. The average Bonchev–Trinajstić information content (AvgIpc) is 3.33. The number of rotatable bonds is 4. The van der Waals surface area contributed by atoms with E-state index in [1.165, 1.54) is 0 Å². The van der Waals surface area contributed by atoms with Gasteiger partial charge in [-0.2, -0.15) is 0 Å². The lowest BCUT2D eigenvalue weighted by Gasteiger charge is -2.23. The van der Waals surface area contributed by atoms with Crippen molar-refractivity contribution in [2.24, 2.45) is 0 Å². The number of carbonyl (C=O) groups is 2. The number of imide groups is 1. The maximum Gasteiger partial charge on any atom is 0.325 e. The molecule has 1 atom stereocenters. The third kappa shape index (κ3) is 2.85. The highest BCUT2D eigenvalue weighted by atomic mass is 16.4. The number of nitrogens with zero attached hydrogens (tertiary/aromatic N) is 2. The molecular weight excluding hydrogens is 378 g/mol. The molecule has 0 bridgehead atoms. The Morgan fingerprint density at radius 3 is 2.53 bits per heavy atom. The van der Waals surface area contributed by atoms with Crippen LogP contribution in [0.25, 0.3) is 22.1 Å². The first-order valence-electron chi connectivity index (χ1n) is 9.69. The quantitative estimate of drug-likeness (QED) is 0.516. The largest absolute Gasteiger partial charge is 0.439 e. The number of hydrogen-bond donors (Lipinski definition) is 1. The van der Waals surface area contributed by atoms with Crippen LogP contribution >= 0.6 is 0 Å². The maximum atomic E-state index is 13.3. The van der Waals surface area contributed by atoms with Crippen LogP contribution in [0.15, 0.2) is 83.4 Å². The minimum Gasteiger partial charge on any atom is -0.439 e. The van der Waals surface area contributed by atoms with Gasteiger partial charge in [-0.3, -0.25) is 9.69 Å². The molecule has 30 heavy (non-hydrogen) atoms. The second-order valence-corrected chi connectivity index (χ2v) is 7.46. The van der Waals surface area contributed by atoms with Gasteiger partial charge in [0.25, 0.3) is 5.91 Å². The lowest BCUT2D eigenvalue weighted by molar-refractivity contribution is -0.131. The van der Waals surface area contributed by atoms with Gasteiger partial charge in [-0.25, -0.2) is 9.78 Å². The fourth-order valence-corrected chi connectivity index (χ4v) is 3.94. The molecule has 1 fully saturated rings. The van der Waals surface area contributed by atoms with Crippen molar-refractivity contribution in [2.45, 2.75) is 19.0 Å². The molecule has 4 aromatic rings. The number of aromatic nitrogens is 1. The molecule has 3 aromatic carbocycles. The standard InChI is InChI=1S/C24H19N3O3/c1-24(19-13-7-11-16-8-5-6-12-18(16)19)22(28)27(23(29)26-24)15-21-25-14-20(30-21)17-9-3-2-4-10-17/h2-14H,15H2,1H3,(H,26,29)/t24-/m1/s1. The molecule has 1 saturated heterocycles. The Morgan fingerprint density at radius 2 is 1.70 bits per heavy atom. The van der Waals surface area contributed by atoms with E-state index in [4.69, 9.17) is 4.42 Å². The Labute approximate surface area is 173 Å². The summed E-state index contributed by atoms with van der Waals surface area (Å²) in [4.78, 5) is 31.5. The average molecular weight is 397 g/mol. The van der Waals surface area contributed by atoms with E-state index in [0.29, 0.717) is 11.7 Å². The van der Waals surface area contributed by atoms with Crippen molar-refractivity contribution in [3.8, 4) is 11.3 Å². The number of carbonyl (C=O) groups excluding carboxylic acids is 2. The molecule has 0 unspecified atom stereocenters. The van der Waals surface area contributed by atoms with Gasteiger partial charge in [-0.05, 0) is 23.3 Å². The number of fused-ring (bicyclic) bond motifs is 1. The van der Waals surface area contributed by atoms with Gasteiger partial charge in [0.2, 0.25) is 5.89 Å². The molecule has 1 aliphatic rings. The molecule has 3 amide bonds. The molecular formula is C24H19N3O3. The molecule has 1 N–H and O–H groups in total.